The number of hydrogen-bond acceptors (Lipinski definition) is 6. The summed E-state index contributed by atoms with van der Waals surface area (Å²) in [6.07, 6.45) is 11.6. The van der Waals surface area contributed by atoms with Crippen LogP contribution in [0.5, 0.6) is 5.88 Å². The van der Waals surface area contributed by atoms with E-state index in [-0.39, 0.29) is 6.10 Å². The molecule has 0 spiro atoms. The van der Waals surface area contributed by atoms with E-state index in [9.17, 15) is 0 Å². The fourth-order valence-electron chi connectivity index (χ4n) is 5.22. The van der Waals surface area contributed by atoms with Crippen LogP contribution < -0.4 is 4.74 Å². The molecule has 0 amide bonds. The summed E-state index contributed by atoms with van der Waals surface area (Å²) in [6, 6.07) is 0.702. The van der Waals surface area contributed by atoms with Crippen LogP contribution in [0.15, 0.2) is 6.33 Å². The maximum absolute atomic E-state index is 6.51. The molecule has 6 heteroatoms. The van der Waals surface area contributed by atoms with Crippen molar-refractivity contribution in [2.75, 3.05) is 26.3 Å². The van der Waals surface area contributed by atoms with E-state index in [0.717, 1.165) is 55.8 Å². The molecular weight excluding hydrogens is 370 g/mol. The smallest absolute Gasteiger partial charge is 0.225 e. The van der Waals surface area contributed by atoms with Crippen LogP contribution in [0.1, 0.15) is 55.9 Å². The first kappa shape index (κ1) is 18.8. The van der Waals surface area contributed by atoms with E-state index in [0.29, 0.717) is 6.04 Å². The molecule has 1 aliphatic heterocycles. The van der Waals surface area contributed by atoms with E-state index in [1.807, 2.05) is 11.3 Å². The molecule has 0 unspecified atom stereocenters. The highest BCUT2D eigenvalue weighted by atomic mass is 32.1. The number of nitrogens with zero attached hydrogens (tertiary/aromatic N) is 3. The zero-order chi connectivity index (χ0) is 18.9. The first-order valence-corrected chi connectivity index (χ1v) is 11.9. The molecule has 5 rings (SSSR count). The molecule has 152 valence electrons. The number of ether oxygens (including phenoxy) is 2. The summed E-state index contributed by atoms with van der Waals surface area (Å²) in [5.74, 6) is 1.64. The van der Waals surface area contributed by atoms with Crippen molar-refractivity contribution in [3.63, 3.8) is 0 Å². The maximum atomic E-state index is 6.51. The molecule has 1 saturated carbocycles. The number of morpholine rings is 1. The molecule has 2 fully saturated rings. The standard InChI is InChI=1S/C22H31N3O2S/c1-2-15-3-8-19-18(13-15)20-21(23-14-24-22(20)28-19)27-17-6-4-16(5-7-17)25-9-11-26-12-10-25/h14-17H,2-13H2,1H3/t15-,16-,17-/m0/s1. The first-order valence-electron chi connectivity index (χ1n) is 11.1. The number of thiophene rings is 1. The lowest BCUT2D eigenvalue weighted by Gasteiger charge is -2.38. The highest BCUT2D eigenvalue weighted by Gasteiger charge is 2.30. The van der Waals surface area contributed by atoms with Crippen molar-refractivity contribution in [3.05, 3.63) is 16.8 Å². The van der Waals surface area contributed by atoms with Crippen molar-refractivity contribution in [3.8, 4) is 5.88 Å². The molecule has 0 bridgehead atoms. The molecule has 3 aliphatic rings. The second-order valence-electron chi connectivity index (χ2n) is 8.58. The summed E-state index contributed by atoms with van der Waals surface area (Å²) in [6.45, 7) is 6.25. The van der Waals surface area contributed by atoms with Crippen LogP contribution in [0.3, 0.4) is 0 Å². The molecule has 2 aromatic heterocycles. The number of rotatable bonds is 4. The summed E-state index contributed by atoms with van der Waals surface area (Å²) >= 11 is 1.86. The Labute approximate surface area is 171 Å². The van der Waals surface area contributed by atoms with Crippen LogP contribution in [0, 0.1) is 5.92 Å². The second-order valence-corrected chi connectivity index (χ2v) is 9.66. The van der Waals surface area contributed by atoms with Crippen LogP contribution in [-0.2, 0) is 17.6 Å². The Morgan fingerprint density at radius 3 is 2.75 bits per heavy atom. The minimum absolute atomic E-state index is 0.288. The van der Waals surface area contributed by atoms with E-state index < -0.39 is 0 Å². The molecule has 2 aliphatic carbocycles. The fraction of sp³-hybridized carbons (Fsp3) is 0.727. The maximum Gasteiger partial charge on any atom is 0.225 e. The lowest BCUT2D eigenvalue weighted by Crippen LogP contribution is -2.46. The lowest BCUT2D eigenvalue weighted by molar-refractivity contribution is -0.00126. The third-order valence-electron chi connectivity index (χ3n) is 6.97. The van der Waals surface area contributed by atoms with Crippen molar-refractivity contribution >= 4 is 21.6 Å². The van der Waals surface area contributed by atoms with E-state index >= 15 is 0 Å². The van der Waals surface area contributed by atoms with E-state index in [4.69, 9.17) is 9.47 Å². The van der Waals surface area contributed by atoms with E-state index in [2.05, 4.69) is 21.8 Å². The minimum atomic E-state index is 0.288. The van der Waals surface area contributed by atoms with E-state index in [1.165, 1.54) is 54.4 Å². The van der Waals surface area contributed by atoms with Gasteiger partial charge in [0, 0.05) is 24.0 Å². The molecule has 2 aromatic rings. The second kappa shape index (κ2) is 8.25. The Morgan fingerprint density at radius 2 is 1.96 bits per heavy atom. The largest absolute Gasteiger partial charge is 0.474 e. The predicted octanol–water partition coefficient (Wildman–Crippen LogP) is 4.23. The van der Waals surface area contributed by atoms with Crippen molar-refractivity contribution in [1.29, 1.82) is 0 Å². The molecule has 0 radical (unpaired) electrons. The van der Waals surface area contributed by atoms with Gasteiger partial charge >= 0.3 is 0 Å². The van der Waals surface area contributed by atoms with Gasteiger partial charge in [0.1, 0.15) is 17.3 Å². The lowest BCUT2D eigenvalue weighted by atomic mass is 9.86. The molecule has 5 nitrogen and oxygen atoms in total. The Kier molecular flexibility index (Phi) is 5.53. The minimum Gasteiger partial charge on any atom is -0.474 e. The third-order valence-corrected chi connectivity index (χ3v) is 8.17. The van der Waals surface area contributed by atoms with Gasteiger partial charge in [0.05, 0.1) is 18.6 Å². The number of hydrogen-bond donors (Lipinski definition) is 0. The summed E-state index contributed by atoms with van der Waals surface area (Å²) in [5, 5.41) is 1.22. The van der Waals surface area contributed by atoms with Crippen LogP contribution in [0.25, 0.3) is 10.2 Å². The first-order chi connectivity index (χ1) is 13.8. The van der Waals surface area contributed by atoms with Gasteiger partial charge in [0.25, 0.3) is 0 Å². The molecule has 1 atom stereocenters. The number of aryl methyl sites for hydroxylation is 1. The van der Waals surface area contributed by atoms with E-state index in [1.54, 1.807) is 6.33 Å². The zero-order valence-corrected chi connectivity index (χ0v) is 17.7. The van der Waals surface area contributed by atoms with Gasteiger partial charge in [-0.2, -0.15) is 0 Å². The summed E-state index contributed by atoms with van der Waals surface area (Å²) in [4.78, 5) is 14.4. The molecule has 3 heterocycles. The molecule has 28 heavy (non-hydrogen) atoms. The quantitative estimate of drug-likeness (QED) is 0.767. The topological polar surface area (TPSA) is 47.5 Å². The van der Waals surface area contributed by atoms with Crippen LogP contribution in [0.4, 0.5) is 0 Å². The van der Waals surface area contributed by atoms with Crippen molar-refractivity contribution in [2.24, 2.45) is 5.92 Å². The van der Waals surface area contributed by atoms with Crippen molar-refractivity contribution in [2.45, 2.75) is 70.4 Å². The highest BCUT2D eigenvalue weighted by Crippen LogP contribution is 2.41. The van der Waals surface area contributed by atoms with Crippen LogP contribution in [0.2, 0.25) is 0 Å². The highest BCUT2D eigenvalue weighted by molar-refractivity contribution is 7.18. The molecule has 0 aromatic carbocycles. The van der Waals surface area contributed by atoms with Gasteiger partial charge in [-0.05, 0) is 56.4 Å². The molecule has 1 saturated heterocycles. The SMILES string of the molecule is CC[C@H]1CCc2sc3ncnc(O[C@H]4CC[C@H](N5CCOCC5)CC4)c3c2C1. The third kappa shape index (κ3) is 3.66. The average molecular weight is 402 g/mol. The fourth-order valence-corrected chi connectivity index (χ4v) is 6.39. The normalized spacial score (nSPS) is 29.0. The number of aromatic nitrogens is 2. The monoisotopic (exact) mass is 401 g/mol. The van der Waals surface area contributed by atoms with Crippen LogP contribution in [-0.4, -0.2) is 53.3 Å². The molecular formula is C22H31N3O2S. The van der Waals surface area contributed by atoms with Crippen molar-refractivity contribution < 1.29 is 9.47 Å². The Balaban J connectivity index is 1.30. The zero-order valence-electron chi connectivity index (χ0n) is 16.9. The predicted molar refractivity (Wildman–Crippen MR) is 112 cm³/mol. The summed E-state index contributed by atoms with van der Waals surface area (Å²) in [5.41, 5.74) is 1.48. The van der Waals surface area contributed by atoms with Crippen molar-refractivity contribution in [1.82, 2.24) is 14.9 Å². The van der Waals surface area contributed by atoms with Crippen LogP contribution >= 0.6 is 11.3 Å². The van der Waals surface area contributed by atoms with Gasteiger partial charge in [-0.25, -0.2) is 9.97 Å². The van der Waals surface area contributed by atoms with Gasteiger partial charge in [-0.15, -0.1) is 11.3 Å². The van der Waals surface area contributed by atoms with Gasteiger partial charge in [-0.1, -0.05) is 13.3 Å². The summed E-state index contributed by atoms with van der Waals surface area (Å²) < 4.78 is 12.0. The Bertz CT molecular complexity index is 809. The van der Waals surface area contributed by atoms with Gasteiger partial charge in [0.2, 0.25) is 5.88 Å². The van der Waals surface area contributed by atoms with Gasteiger partial charge < -0.3 is 9.47 Å². The Hall–Kier alpha value is -1.24. The molecule has 0 N–H and O–H groups in total. The number of fused-ring (bicyclic) bond motifs is 3. The Morgan fingerprint density at radius 1 is 1.14 bits per heavy atom. The van der Waals surface area contributed by atoms with Gasteiger partial charge in [0.15, 0.2) is 0 Å². The average Bonchev–Trinajstić information content (AvgIpc) is 3.13. The summed E-state index contributed by atoms with van der Waals surface area (Å²) in [7, 11) is 0. The van der Waals surface area contributed by atoms with Gasteiger partial charge in [-0.3, -0.25) is 4.90 Å².